The fourth-order valence-corrected chi connectivity index (χ4v) is 3.08. The van der Waals surface area contributed by atoms with E-state index in [1.807, 2.05) is 43.3 Å². The van der Waals surface area contributed by atoms with E-state index in [4.69, 9.17) is 15.2 Å². The largest absolute Gasteiger partial charge is 0.493 e. The van der Waals surface area contributed by atoms with E-state index >= 15 is 0 Å². The van der Waals surface area contributed by atoms with Crippen LogP contribution in [-0.4, -0.2) is 18.7 Å². The van der Waals surface area contributed by atoms with Crippen molar-refractivity contribution in [3.05, 3.63) is 59.7 Å². The van der Waals surface area contributed by atoms with Crippen molar-refractivity contribution in [1.82, 2.24) is 4.98 Å². The van der Waals surface area contributed by atoms with Gasteiger partial charge in [-0.25, -0.2) is 4.98 Å². The summed E-state index contributed by atoms with van der Waals surface area (Å²) in [6.45, 7) is 4.57. The molecule has 0 spiro atoms. The van der Waals surface area contributed by atoms with E-state index in [0.29, 0.717) is 29.2 Å². The lowest BCUT2D eigenvalue weighted by atomic mass is 9.97. The van der Waals surface area contributed by atoms with E-state index in [1.165, 1.54) is 5.56 Å². The molecule has 3 rings (SSSR count). The maximum Gasteiger partial charge on any atom is 0.161 e. The van der Waals surface area contributed by atoms with E-state index in [-0.39, 0.29) is 5.82 Å². The summed E-state index contributed by atoms with van der Waals surface area (Å²) < 4.78 is 11.0. The Morgan fingerprint density at radius 3 is 2.32 bits per heavy atom. The molecule has 0 amide bonds. The Labute approximate surface area is 165 Å². The van der Waals surface area contributed by atoms with E-state index in [1.54, 1.807) is 7.11 Å². The summed E-state index contributed by atoms with van der Waals surface area (Å²) >= 11 is 0. The minimum atomic E-state index is 0.211. The number of aryl methyl sites for hydroxylation is 1. The van der Waals surface area contributed by atoms with Crippen molar-refractivity contribution in [2.75, 3.05) is 19.5 Å². The van der Waals surface area contributed by atoms with Crippen molar-refractivity contribution in [3.8, 4) is 40.0 Å². The van der Waals surface area contributed by atoms with Gasteiger partial charge in [-0.2, -0.15) is 5.26 Å². The highest BCUT2D eigenvalue weighted by molar-refractivity contribution is 5.81. The number of benzene rings is 2. The maximum atomic E-state index is 9.63. The first kappa shape index (κ1) is 19.2. The Hall–Kier alpha value is -3.52. The normalized spacial score (nSPS) is 10.4. The molecule has 0 radical (unpaired) electrons. The number of hydrogen-bond acceptors (Lipinski definition) is 5. The molecule has 0 aliphatic heterocycles. The van der Waals surface area contributed by atoms with Crippen LogP contribution in [0.25, 0.3) is 22.4 Å². The number of nitriles is 1. The van der Waals surface area contributed by atoms with Gasteiger partial charge in [0.25, 0.3) is 0 Å². The third kappa shape index (κ3) is 3.77. The minimum absolute atomic E-state index is 0.211. The number of hydrogen-bond donors (Lipinski definition) is 1. The van der Waals surface area contributed by atoms with Crippen LogP contribution in [0.2, 0.25) is 0 Å². The maximum absolute atomic E-state index is 9.63. The molecule has 0 saturated carbocycles. The Bertz CT molecular complexity index is 1020. The predicted octanol–water partition coefficient (Wildman–Crippen LogP) is 4.84. The molecule has 0 saturated heterocycles. The molecular formula is C23H23N3O2. The number of rotatable bonds is 6. The highest BCUT2D eigenvalue weighted by Crippen LogP contribution is 2.36. The molecule has 2 aromatic carbocycles. The van der Waals surface area contributed by atoms with Crippen LogP contribution in [0.3, 0.4) is 0 Å². The Balaban J connectivity index is 2.14. The second kappa shape index (κ2) is 8.45. The van der Waals surface area contributed by atoms with Gasteiger partial charge in [0.1, 0.15) is 17.5 Å². The standard InChI is InChI=1S/C23H23N3O2/c1-4-15-6-8-16(9-7-15)20-13-18(19(14-24)23(25)26-20)17-10-11-21(28-5-2)22(12-17)27-3/h6-13H,4-5H2,1-3H3,(H2,25,26). The van der Waals surface area contributed by atoms with Crippen molar-refractivity contribution >= 4 is 5.82 Å². The van der Waals surface area contributed by atoms with E-state index in [0.717, 1.165) is 23.2 Å². The van der Waals surface area contributed by atoms with Crippen molar-refractivity contribution in [3.63, 3.8) is 0 Å². The first-order valence-corrected chi connectivity index (χ1v) is 9.22. The Morgan fingerprint density at radius 2 is 1.71 bits per heavy atom. The number of nitrogens with zero attached hydrogens (tertiary/aromatic N) is 2. The molecule has 142 valence electrons. The number of pyridine rings is 1. The molecule has 1 aromatic heterocycles. The number of aromatic nitrogens is 1. The van der Waals surface area contributed by atoms with Gasteiger partial charge in [-0.1, -0.05) is 37.3 Å². The second-order valence-corrected chi connectivity index (χ2v) is 6.28. The zero-order valence-corrected chi connectivity index (χ0v) is 16.3. The van der Waals surface area contributed by atoms with Crippen LogP contribution in [0, 0.1) is 11.3 Å². The number of nitrogens with two attached hydrogens (primary N) is 1. The van der Waals surface area contributed by atoms with Crippen LogP contribution in [0.1, 0.15) is 25.0 Å². The summed E-state index contributed by atoms with van der Waals surface area (Å²) in [4.78, 5) is 4.44. The van der Waals surface area contributed by atoms with Crippen molar-refractivity contribution in [2.45, 2.75) is 20.3 Å². The van der Waals surface area contributed by atoms with Gasteiger partial charge in [0.15, 0.2) is 11.5 Å². The van der Waals surface area contributed by atoms with Gasteiger partial charge >= 0.3 is 0 Å². The van der Waals surface area contributed by atoms with Crippen LogP contribution >= 0.6 is 0 Å². The molecule has 2 N–H and O–H groups in total. The Kier molecular flexibility index (Phi) is 5.81. The van der Waals surface area contributed by atoms with Gasteiger partial charge in [-0.3, -0.25) is 0 Å². The summed E-state index contributed by atoms with van der Waals surface area (Å²) in [6, 6.07) is 17.9. The lowest BCUT2D eigenvalue weighted by Gasteiger charge is -2.14. The highest BCUT2D eigenvalue weighted by atomic mass is 16.5. The molecule has 1 heterocycles. The predicted molar refractivity (Wildman–Crippen MR) is 111 cm³/mol. The van der Waals surface area contributed by atoms with Gasteiger partial charge < -0.3 is 15.2 Å². The third-order valence-electron chi connectivity index (χ3n) is 4.59. The fourth-order valence-electron chi connectivity index (χ4n) is 3.08. The van der Waals surface area contributed by atoms with Gasteiger partial charge in [0, 0.05) is 11.1 Å². The fraction of sp³-hybridized carbons (Fsp3) is 0.217. The molecule has 3 aromatic rings. The molecule has 0 unspecified atom stereocenters. The van der Waals surface area contributed by atoms with E-state index in [2.05, 4.69) is 30.1 Å². The summed E-state index contributed by atoms with van der Waals surface area (Å²) in [6.07, 6.45) is 0.973. The molecule has 0 fully saturated rings. The Morgan fingerprint density at radius 1 is 1.00 bits per heavy atom. The summed E-state index contributed by atoms with van der Waals surface area (Å²) in [7, 11) is 1.59. The number of anilines is 1. The molecule has 0 aliphatic rings. The number of nitrogen functional groups attached to an aromatic ring is 1. The second-order valence-electron chi connectivity index (χ2n) is 6.28. The third-order valence-corrected chi connectivity index (χ3v) is 4.59. The van der Waals surface area contributed by atoms with Gasteiger partial charge in [-0.15, -0.1) is 0 Å². The lowest BCUT2D eigenvalue weighted by molar-refractivity contribution is 0.311. The zero-order chi connectivity index (χ0) is 20.1. The van der Waals surface area contributed by atoms with Crippen molar-refractivity contribution in [2.24, 2.45) is 0 Å². The summed E-state index contributed by atoms with van der Waals surface area (Å²) in [5.74, 6) is 1.47. The van der Waals surface area contributed by atoms with Crippen LogP contribution in [0.4, 0.5) is 5.82 Å². The molecule has 5 nitrogen and oxygen atoms in total. The number of methoxy groups -OCH3 is 1. The highest BCUT2D eigenvalue weighted by Gasteiger charge is 2.15. The number of ether oxygens (including phenoxy) is 2. The molecule has 0 aliphatic carbocycles. The average Bonchev–Trinajstić information content (AvgIpc) is 2.73. The van der Waals surface area contributed by atoms with Crippen LogP contribution < -0.4 is 15.2 Å². The summed E-state index contributed by atoms with van der Waals surface area (Å²) in [5.41, 5.74) is 10.9. The van der Waals surface area contributed by atoms with Crippen molar-refractivity contribution < 1.29 is 9.47 Å². The van der Waals surface area contributed by atoms with Gasteiger partial charge in [0.05, 0.1) is 19.4 Å². The van der Waals surface area contributed by atoms with Gasteiger partial charge in [0.2, 0.25) is 0 Å². The summed E-state index contributed by atoms with van der Waals surface area (Å²) in [5, 5.41) is 9.63. The first-order valence-electron chi connectivity index (χ1n) is 9.22. The van der Waals surface area contributed by atoms with Crippen molar-refractivity contribution in [1.29, 1.82) is 5.26 Å². The van der Waals surface area contributed by atoms with Gasteiger partial charge in [-0.05, 0) is 42.7 Å². The quantitative estimate of drug-likeness (QED) is 0.669. The minimum Gasteiger partial charge on any atom is -0.493 e. The monoisotopic (exact) mass is 373 g/mol. The molecular weight excluding hydrogens is 350 g/mol. The lowest BCUT2D eigenvalue weighted by Crippen LogP contribution is -2.00. The first-order chi connectivity index (χ1) is 13.6. The molecule has 0 bridgehead atoms. The topological polar surface area (TPSA) is 81.2 Å². The van der Waals surface area contributed by atoms with Crippen LogP contribution in [-0.2, 0) is 6.42 Å². The van der Waals surface area contributed by atoms with Crippen LogP contribution in [0.15, 0.2) is 48.5 Å². The van der Waals surface area contributed by atoms with E-state index in [9.17, 15) is 5.26 Å². The molecule has 28 heavy (non-hydrogen) atoms. The molecule has 5 heteroatoms. The smallest absolute Gasteiger partial charge is 0.161 e. The SMILES string of the molecule is CCOc1ccc(-c2cc(-c3ccc(CC)cc3)nc(N)c2C#N)cc1OC. The van der Waals surface area contributed by atoms with Crippen LogP contribution in [0.5, 0.6) is 11.5 Å². The zero-order valence-electron chi connectivity index (χ0n) is 16.3. The molecule has 0 atom stereocenters. The average molecular weight is 373 g/mol. The van der Waals surface area contributed by atoms with E-state index < -0.39 is 0 Å².